The maximum absolute atomic E-state index is 8.98. The Kier molecular flexibility index (Phi) is 2.98. The smallest absolute Gasteiger partial charge is 0.0497 e. The first-order valence-electron chi connectivity index (χ1n) is 5.14. The number of aryl methyl sites for hydroxylation is 1. The molecule has 0 bridgehead atoms. The lowest BCUT2D eigenvalue weighted by molar-refractivity contribution is 0.300. The maximum Gasteiger partial charge on any atom is 0.0497 e. The van der Waals surface area contributed by atoms with E-state index in [1.165, 1.54) is 10.9 Å². The van der Waals surface area contributed by atoms with Gasteiger partial charge < -0.3 is 9.67 Å². The van der Waals surface area contributed by atoms with Crippen molar-refractivity contribution in [2.75, 3.05) is 6.61 Å². The third kappa shape index (κ3) is 1.87. The molecule has 0 aliphatic carbocycles. The summed E-state index contributed by atoms with van der Waals surface area (Å²) in [5.41, 5.74) is 2.33. The van der Waals surface area contributed by atoms with Crippen LogP contribution in [0.2, 0.25) is 5.02 Å². The molecule has 1 aromatic carbocycles. The van der Waals surface area contributed by atoms with Crippen LogP contribution in [-0.4, -0.2) is 16.3 Å². The van der Waals surface area contributed by atoms with Crippen molar-refractivity contribution in [1.29, 1.82) is 0 Å². The Morgan fingerprint density at radius 3 is 2.87 bits per heavy atom. The van der Waals surface area contributed by atoms with Crippen LogP contribution in [0.1, 0.15) is 12.5 Å². The molecular formula is C12H14ClNO. The van der Waals surface area contributed by atoms with Crippen LogP contribution in [0.3, 0.4) is 0 Å². The van der Waals surface area contributed by atoms with Crippen molar-refractivity contribution in [1.82, 2.24) is 4.57 Å². The van der Waals surface area contributed by atoms with Crippen molar-refractivity contribution in [3.63, 3.8) is 0 Å². The third-order valence-corrected chi connectivity index (χ3v) is 2.88. The van der Waals surface area contributed by atoms with E-state index >= 15 is 0 Å². The highest BCUT2D eigenvalue weighted by Crippen LogP contribution is 2.25. The van der Waals surface area contributed by atoms with E-state index in [2.05, 4.69) is 17.7 Å². The van der Waals surface area contributed by atoms with E-state index in [1.807, 2.05) is 18.2 Å². The number of aliphatic hydroxyl groups excluding tert-OH is 1. The first kappa shape index (κ1) is 10.5. The summed E-state index contributed by atoms with van der Waals surface area (Å²) in [6.45, 7) is 3.21. The fraction of sp³-hybridized carbons (Fsp3) is 0.333. The predicted octanol–water partition coefficient (Wildman–Crippen LogP) is 2.85. The summed E-state index contributed by atoms with van der Waals surface area (Å²) in [5, 5.41) is 10.9. The second kappa shape index (κ2) is 4.25. The lowest BCUT2D eigenvalue weighted by Gasteiger charge is -1.99. The summed E-state index contributed by atoms with van der Waals surface area (Å²) < 4.78 is 2.16. The van der Waals surface area contributed by atoms with Crippen LogP contribution >= 0.6 is 11.6 Å². The first-order valence-corrected chi connectivity index (χ1v) is 5.52. The highest BCUT2D eigenvalue weighted by molar-refractivity contribution is 6.31. The summed E-state index contributed by atoms with van der Waals surface area (Å²) in [6.07, 6.45) is 2.79. The largest absolute Gasteiger partial charge is 0.396 e. The molecule has 0 atom stereocenters. The van der Waals surface area contributed by atoms with Gasteiger partial charge in [-0.2, -0.15) is 0 Å². The highest BCUT2D eigenvalue weighted by atomic mass is 35.5. The molecule has 0 fully saturated rings. The average Bonchev–Trinajstić information content (AvgIpc) is 2.56. The molecule has 80 valence electrons. The molecule has 0 unspecified atom stereocenters. The Balaban J connectivity index is 2.64. The first-order chi connectivity index (χ1) is 7.26. The molecule has 1 aromatic heterocycles. The van der Waals surface area contributed by atoms with E-state index in [-0.39, 0.29) is 6.61 Å². The fourth-order valence-corrected chi connectivity index (χ4v) is 2.09. The second-order valence-electron chi connectivity index (χ2n) is 3.58. The number of nitrogens with zero attached hydrogens (tertiary/aromatic N) is 1. The molecule has 1 heterocycles. The van der Waals surface area contributed by atoms with Gasteiger partial charge in [0.1, 0.15) is 0 Å². The van der Waals surface area contributed by atoms with Crippen molar-refractivity contribution in [3.05, 3.63) is 35.0 Å². The van der Waals surface area contributed by atoms with Crippen LogP contribution in [0.15, 0.2) is 24.4 Å². The molecule has 0 saturated heterocycles. The standard InChI is InChI=1S/C12H14ClNO/c1-2-14-8-9(5-6-15)11-4-3-10(13)7-12(11)14/h3-4,7-8,15H,2,5-6H2,1H3. The monoisotopic (exact) mass is 223 g/mol. The van der Waals surface area contributed by atoms with Gasteiger partial charge in [0.2, 0.25) is 0 Å². The Bertz CT molecular complexity index is 476. The van der Waals surface area contributed by atoms with Gasteiger partial charge in [-0.3, -0.25) is 0 Å². The van der Waals surface area contributed by atoms with E-state index in [0.29, 0.717) is 6.42 Å². The second-order valence-corrected chi connectivity index (χ2v) is 4.01. The number of rotatable bonds is 3. The van der Waals surface area contributed by atoms with Crippen LogP contribution < -0.4 is 0 Å². The van der Waals surface area contributed by atoms with Gasteiger partial charge in [-0.1, -0.05) is 17.7 Å². The normalized spacial score (nSPS) is 11.1. The lowest BCUT2D eigenvalue weighted by Crippen LogP contribution is -1.91. The lowest BCUT2D eigenvalue weighted by atomic mass is 10.1. The summed E-state index contributed by atoms with van der Waals surface area (Å²) in [7, 11) is 0. The minimum Gasteiger partial charge on any atom is -0.396 e. The predicted molar refractivity (Wildman–Crippen MR) is 63.4 cm³/mol. The third-order valence-electron chi connectivity index (χ3n) is 2.65. The molecule has 2 nitrogen and oxygen atoms in total. The van der Waals surface area contributed by atoms with Crippen molar-refractivity contribution in [2.24, 2.45) is 0 Å². The van der Waals surface area contributed by atoms with E-state index in [9.17, 15) is 0 Å². The molecule has 2 aromatic rings. The molecule has 0 amide bonds. The quantitative estimate of drug-likeness (QED) is 0.851. The molecule has 0 aliphatic heterocycles. The Labute approximate surface area is 94.1 Å². The van der Waals surface area contributed by atoms with Gasteiger partial charge in [-0.15, -0.1) is 0 Å². The van der Waals surface area contributed by atoms with Crippen LogP contribution in [0.25, 0.3) is 10.9 Å². The van der Waals surface area contributed by atoms with Crippen molar-refractivity contribution < 1.29 is 5.11 Å². The zero-order chi connectivity index (χ0) is 10.8. The minimum absolute atomic E-state index is 0.186. The van der Waals surface area contributed by atoms with E-state index < -0.39 is 0 Å². The molecule has 0 aliphatic rings. The van der Waals surface area contributed by atoms with Crippen molar-refractivity contribution >= 4 is 22.5 Å². The van der Waals surface area contributed by atoms with E-state index in [4.69, 9.17) is 16.7 Å². The Morgan fingerprint density at radius 2 is 2.20 bits per heavy atom. The SMILES string of the molecule is CCn1cc(CCO)c2ccc(Cl)cc21. The Hall–Kier alpha value is -0.990. The van der Waals surface area contributed by atoms with E-state index in [1.54, 1.807) is 0 Å². The summed E-state index contributed by atoms with van der Waals surface area (Å²) in [5.74, 6) is 0. The zero-order valence-corrected chi connectivity index (χ0v) is 9.46. The number of halogens is 1. The fourth-order valence-electron chi connectivity index (χ4n) is 1.92. The molecule has 0 saturated carbocycles. The summed E-state index contributed by atoms with van der Waals surface area (Å²) >= 11 is 5.97. The molecule has 0 radical (unpaired) electrons. The van der Waals surface area contributed by atoms with Crippen LogP contribution in [0.4, 0.5) is 0 Å². The van der Waals surface area contributed by atoms with Gasteiger partial charge in [0.05, 0.1) is 0 Å². The summed E-state index contributed by atoms with van der Waals surface area (Å²) in [6, 6.07) is 5.89. The highest BCUT2D eigenvalue weighted by Gasteiger charge is 2.07. The molecule has 1 N–H and O–H groups in total. The van der Waals surface area contributed by atoms with E-state index in [0.717, 1.165) is 17.1 Å². The number of aliphatic hydroxyl groups is 1. The van der Waals surface area contributed by atoms with Gasteiger partial charge in [0, 0.05) is 35.3 Å². The van der Waals surface area contributed by atoms with Gasteiger partial charge in [0.25, 0.3) is 0 Å². The van der Waals surface area contributed by atoms with Crippen LogP contribution in [-0.2, 0) is 13.0 Å². The van der Waals surface area contributed by atoms with Gasteiger partial charge in [-0.05, 0) is 31.0 Å². The number of hydrogen-bond donors (Lipinski definition) is 1. The minimum atomic E-state index is 0.186. The van der Waals surface area contributed by atoms with Gasteiger partial charge in [0.15, 0.2) is 0 Å². The summed E-state index contributed by atoms with van der Waals surface area (Å²) in [4.78, 5) is 0. The van der Waals surface area contributed by atoms with Crippen LogP contribution in [0.5, 0.6) is 0 Å². The molecular weight excluding hydrogens is 210 g/mol. The molecule has 15 heavy (non-hydrogen) atoms. The zero-order valence-electron chi connectivity index (χ0n) is 8.70. The Morgan fingerprint density at radius 1 is 1.40 bits per heavy atom. The van der Waals surface area contributed by atoms with Crippen molar-refractivity contribution in [3.8, 4) is 0 Å². The van der Waals surface area contributed by atoms with Gasteiger partial charge in [-0.25, -0.2) is 0 Å². The maximum atomic E-state index is 8.98. The van der Waals surface area contributed by atoms with Crippen LogP contribution in [0, 0.1) is 0 Å². The molecule has 0 spiro atoms. The van der Waals surface area contributed by atoms with Crippen molar-refractivity contribution in [2.45, 2.75) is 19.9 Å². The van der Waals surface area contributed by atoms with Gasteiger partial charge >= 0.3 is 0 Å². The number of benzene rings is 1. The average molecular weight is 224 g/mol. The number of hydrogen-bond acceptors (Lipinski definition) is 1. The molecule has 3 heteroatoms. The number of fused-ring (bicyclic) bond motifs is 1. The molecule has 2 rings (SSSR count). The number of aromatic nitrogens is 1. The topological polar surface area (TPSA) is 25.2 Å².